The molecule has 0 unspecified atom stereocenters. The second-order valence-corrected chi connectivity index (χ2v) is 2.64. The van der Waals surface area contributed by atoms with E-state index in [-0.39, 0.29) is 12.4 Å². The lowest BCUT2D eigenvalue weighted by atomic mass is 10.3. The molecule has 0 atom stereocenters. The lowest BCUT2D eigenvalue weighted by molar-refractivity contribution is 0.276. The first-order chi connectivity index (χ1) is 4.74. The van der Waals surface area contributed by atoms with Crippen LogP contribution in [-0.2, 0) is 6.61 Å². The molecule has 1 aromatic heterocycles. The van der Waals surface area contributed by atoms with E-state index in [2.05, 4.69) is 20.9 Å². The van der Waals surface area contributed by atoms with Gasteiger partial charge in [0.1, 0.15) is 5.75 Å². The molecule has 0 bridgehead atoms. The molecule has 0 aromatic carbocycles. The van der Waals surface area contributed by atoms with Crippen LogP contribution in [0.5, 0.6) is 5.75 Å². The number of aromatic nitrogens is 1. The van der Waals surface area contributed by atoms with Gasteiger partial charge < -0.3 is 10.2 Å². The molecule has 2 N–H and O–H groups in total. The normalized spacial score (nSPS) is 9.80. The molecule has 0 radical (unpaired) electrons. The third kappa shape index (κ3) is 1.46. The minimum Gasteiger partial charge on any atom is -0.505 e. The van der Waals surface area contributed by atoms with E-state index in [4.69, 9.17) is 10.2 Å². The van der Waals surface area contributed by atoms with E-state index in [1.807, 2.05) is 0 Å². The maximum Gasteiger partial charge on any atom is 0.148 e. The minimum absolute atomic E-state index is 0.0807. The largest absolute Gasteiger partial charge is 0.505 e. The van der Waals surface area contributed by atoms with Crippen LogP contribution in [0.1, 0.15) is 5.69 Å². The Bertz CT molecular complexity index is 239. The van der Waals surface area contributed by atoms with Gasteiger partial charge in [0.15, 0.2) is 0 Å². The number of pyridine rings is 1. The zero-order valence-electron chi connectivity index (χ0n) is 5.08. The van der Waals surface area contributed by atoms with Gasteiger partial charge in [0.2, 0.25) is 0 Å². The average molecular weight is 204 g/mol. The predicted octanol–water partition coefficient (Wildman–Crippen LogP) is 1.04. The van der Waals surface area contributed by atoms with Crippen LogP contribution in [0.25, 0.3) is 0 Å². The molecular weight excluding hydrogens is 198 g/mol. The Hall–Kier alpha value is -0.610. The Kier molecular flexibility index (Phi) is 2.24. The monoisotopic (exact) mass is 203 g/mol. The highest BCUT2D eigenvalue weighted by molar-refractivity contribution is 9.10. The summed E-state index contributed by atoms with van der Waals surface area (Å²) >= 11 is 3.09. The number of aliphatic hydroxyl groups excluding tert-OH is 1. The van der Waals surface area contributed by atoms with Crippen LogP contribution in [0, 0.1) is 0 Å². The van der Waals surface area contributed by atoms with Crippen LogP contribution in [0.4, 0.5) is 0 Å². The second-order valence-electron chi connectivity index (χ2n) is 1.79. The zero-order chi connectivity index (χ0) is 7.56. The molecule has 0 spiro atoms. The Morgan fingerprint density at radius 2 is 2.30 bits per heavy atom. The van der Waals surface area contributed by atoms with Gasteiger partial charge in [-0.3, -0.25) is 4.98 Å². The molecule has 1 heterocycles. The van der Waals surface area contributed by atoms with Crippen molar-refractivity contribution in [1.29, 1.82) is 0 Å². The van der Waals surface area contributed by atoms with Crippen molar-refractivity contribution in [3.05, 3.63) is 22.4 Å². The van der Waals surface area contributed by atoms with E-state index in [1.54, 1.807) is 6.07 Å². The number of hydrogen-bond acceptors (Lipinski definition) is 3. The number of aliphatic hydroxyl groups is 1. The maximum atomic E-state index is 8.95. The van der Waals surface area contributed by atoms with Gasteiger partial charge in [-0.1, -0.05) is 0 Å². The molecule has 0 fully saturated rings. The summed E-state index contributed by atoms with van der Waals surface area (Å²) in [5, 5.41) is 17.5. The van der Waals surface area contributed by atoms with E-state index in [0.717, 1.165) is 0 Å². The highest BCUT2D eigenvalue weighted by Gasteiger charge is 1.98. The molecule has 0 amide bonds. The summed E-state index contributed by atoms with van der Waals surface area (Å²) in [5.74, 6) is 0.0807. The zero-order valence-corrected chi connectivity index (χ0v) is 6.67. The van der Waals surface area contributed by atoms with Gasteiger partial charge in [-0.25, -0.2) is 0 Å². The van der Waals surface area contributed by atoms with E-state index >= 15 is 0 Å². The van der Waals surface area contributed by atoms with Crippen molar-refractivity contribution in [2.45, 2.75) is 6.61 Å². The summed E-state index contributed by atoms with van der Waals surface area (Å²) in [6, 6.07) is 1.56. The lowest BCUT2D eigenvalue weighted by Crippen LogP contribution is -1.87. The van der Waals surface area contributed by atoms with Crippen molar-refractivity contribution in [2.75, 3.05) is 0 Å². The third-order valence-electron chi connectivity index (χ3n) is 1.05. The van der Waals surface area contributed by atoms with Crippen molar-refractivity contribution in [1.82, 2.24) is 4.98 Å². The number of aromatic hydroxyl groups is 1. The van der Waals surface area contributed by atoms with Crippen molar-refractivity contribution in [2.24, 2.45) is 0 Å². The SMILES string of the molecule is OCc1cc(Br)c(O)cn1. The Labute approximate surface area is 66.5 Å². The summed E-state index contributed by atoms with van der Waals surface area (Å²) < 4.78 is 0.548. The van der Waals surface area contributed by atoms with Gasteiger partial charge in [0.05, 0.1) is 23.0 Å². The van der Waals surface area contributed by atoms with E-state index in [9.17, 15) is 0 Å². The molecular formula is C6H6BrNO2. The lowest BCUT2D eigenvalue weighted by Gasteiger charge is -1.97. The first-order valence-electron chi connectivity index (χ1n) is 2.68. The van der Waals surface area contributed by atoms with Gasteiger partial charge in [0, 0.05) is 0 Å². The number of halogens is 1. The second kappa shape index (κ2) is 2.98. The highest BCUT2D eigenvalue weighted by Crippen LogP contribution is 2.22. The standard InChI is InChI=1S/C6H6BrNO2/c7-5-1-4(3-9)8-2-6(5)10/h1-2,9-10H,3H2. The van der Waals surface area contributed by atoms with Crippen molar-refractivity contribution >= 4 is 15.9 Å². The number of rotatable bonds is 1. The van der Waals surface area contributed by atoms with Gasteiger partial charge in [-0.2, -0.15) is 0 Å². The van der Waals surface area contributed by atoms with Crippen molar-refractivity contribution in [3.63, 3.8) is 0 Å². The van der Waals surface area contributed by atoms with Crippen molar-refractivity contribution in [3.8, 4) is 5.75 Å². The fraction of sp³-hybridized carbons (Fsp3) is 0.167. The molecule has 0 aliphatic heterocycles. The first-order valence-corrected chi connectivity index (χ1v) is 3.47. The predicted molar refractivity (Wildman–Crippen MR) is 39.5 cm³/mol. The van der Waals surface area contributed by atoms with Gasteiger partial charge in [0.25, 0.3) is 0 Å². The first kappa shape index (κ1) is 7.50. The van der Waals surface area contributed by atoms with Gasteiger partial charge in [-0.15, -0.1) is 0 Å². The van der Waals surface area contributed by atoms with Crippen LogP contribution in [0.3, 0.4) is 0 Å². The summed E-state index contributed by atoms with van der Waals surface area (Å²) in [4.78, 5) is 3.73. The third-order valence-corrected chi connectivity index (χ3v) is 1.69. The van der Waals surface area contributed by atoms with E-state index < -0.39 is 0 Å². The fourth-order valence-electron chi connectivity index (χ4n) is 0.550. The van der Waals surface area contributed by atoms with Crippen molar-refractivity contribution < 1.29 is 10.2 Å². The van der Waals surface area contributed by atoms with E-state index in [1.165, 1.54) is 6.20 Å². The topological polar surface area (TPSA) is 53.4 Å². The molecule has 54 valence electrons. The van der Waals surface area contributed by atoms with Crippen LogP contribution in [0.15, 0.2) is 16.7 Å². The molecule has 0 saturated carbocycles. The average Bonchev–Trinajstić information content (AvgIpc) is 1.95. The molecule has 10 heavy (non-hydrogen) atoms. The number of nitrogens with zero attached hydrogens (tertiary/aromatic N) is 1. The van der Waals surface area contributed by atoms with Crippen LogP contribution >= 0.6 is 15.9 Å². The number of hydrogen-bond donors (Lipinski definition) is 2. The van der Waals surface area contributed by atoms with Crippen LogP contribution < -0.4 is 0 Å². The fourth-order valence-corrected chi connectivity index (χ4v) is 0.916. The van der Waals surface area contributed by atoms with Crippen LogP contribution in [-0.4, -0.2) is 15.2 Å². The Balaban J connectivity index is 3.04. The molecule has 1 rings (SSSR count). The molecule has 0 saturated heterocycles. The summed E-state index contributed by atoms with van der Waals surface area (Å²) in [6.45, 7) is -0.112. The summed E-state index contributed by atoms with van der Waals surface area (Å²) in [7, 11) is 0. The molecule has 0 aliphatic rings. The summed E-state index contributed by atoms with van der Waals surface area (Å²) in [6.07, 6.45) is 1.29. The Morgan fingerprint density at radius 3 is 2.80 bits per heavy atom. The van der Waals surface area contributed by atoms with E-state index in [0.29, 0.717) is 10.2 Å². The molecule has 1 aromatic rings. The maximum absolute atomic E-state index is 8.95. The highest BCUT2D eigenvalue weighted by atomic mass is 79.9. The summed E-state index contributed by atoms with van der Waals surface area (Å²) in [5.41, 5.74) is 0.532. The molecule has 4 heteroatoms. The Morgan fingerprint density at radius 1 is 1.60 bits per heavy atom. The molecule has 0 aliphatic carbocycles. The van der Waals surface area contributed by atoms with Gasteiger partial charge >= 0.3 is 0 Å². The minimum atomic E-state index is -0.112. The molecule has 3 nitrogen and oxygen atoms in total. The van der Waals surface area contributed by atoms with Crippen LogP contribution in [0.2, 0.25) is 0 Å². The quantitative estimate of drug-likeness (QED) is 0.718. The van der Waals surface area contributed by atoms with Gasteiger partial charge in [-0.05, 0) is 22.0 Å². The smallest absolute Gasteiger partial charge is 0.148 e.